The molecule has 1 rings (SSSR count). The highest BCUT2D eigenvalue weighted by Gasteiger charge is 2.32. The molecule has 0 aromatic carbocycles. The summed E-state index contributed by atoms with van der Waals surface area (Å²) in [4.78, 5) is 13.3. The Labute approximate surface area is 115 Å². The topological polar surface area (TPSA) is 54.5 Å². The summed E-state index contributed by atoms with van der Waals surface area (Å²) < 4.78 is 33.7. The average Bonchev–Trinajstić information content (AvgIpc) is 2.61. The number of likely N-dealkylation sites (tertiary alicyclic amines) is 1. The fourth-order valence-corrected chi connectivity index (χ4v) is 3.33. The predicted molar refractivity (Wildman–Crippen MR) is 73.0 cm³/mol. The van der Waals surface area contributed by atoms with Gasteiger partial charge < -0.3 is 4.90 Å². The standard InChI is InChI=1S/C13H24FNO3S/c1-2-3-4-5-6-7-8-15-10-12(9-13(15)16)11-19(14,17)18/h12H,2-11H2,1H3. The quantitative estimate of drug-likeness (QED) is 0.485. The van der Waals surface area contributed by atoms with Crippen LogP contribution in [0.4, 0.5) is 3.89 Å². The van der Waals surface area contributed by atoms with Crippen LogP contribution in [-0.4, -0.2) is 38.1 Å². The van der Waals surface area contributed by atoms with Gasteiger partial charge in [-0.1, -0.05) is 39.0 Å². The van der Waals surface area contributed by atoms with Gasteiger partial charge in [0.1, 0.15) is 0 Å². The van der Waals surface area contributed by atoms with Crippen molar-refractivity contribution in [1.82, 2.24) is 4.90 Å². The minimum absolute atomic E-state index is 0.0396. The van der Waals surface area contributed by atoms with E-state index in [9.17, 15) is 17.1 Å². The first-order valence-electron chi connectivity index (χ1n) is 7.12. The Morgan fingerprint density at radius 2 is 1.84 bits per heavy atom. The van der Waals surface area contributed by atoms with E-state index in [1.807, 2.05) is 0 Å². The Kier molecular flexibility index (Phi) is 6.75. The third-order valence-electron chi connectivity index (χ3n) is 3.51. The van der Waals surface area contributed by atoms with E-state index in [-0.39, 0.29) is 18.2 Å². The number of amides is 1. The molecule has 0 saturated carbocycles. The Morgan fingerprint density at radius 3 is 2.47 bits per heavy atom. The lowest BCUT2D eigenvalue weighted by Gasteiger charge is -2.16. The molecule has 1 saturated heterocycles. The molecular weight excluding hydrogens is 269 g/mol. The smallest absolute Gasteiger partial charge is 0.302 e. The zero-order chi connectivity index (χ0) is 14.3. The van der Waals surface area contributed by atoms with Crippen LogP contribution in [0.2, 0.25) is 0 Å². The third-order valence-corrected chi connectivity index (χ3v) is 4.38. The molecule has 0 bridgehead atoms. The maximum absolute atomic E-state index is 12.6. The van der Waals surface area contributed by atoms with Gasteiger partial charge in [0.15, 0.2) is 0 Å². The van der Waals surface area contributed by atoms with Crippen molar-refractivity contribution < 1.29 is 17.1 Å². The highest BCUT2D eigenvalue weighted by atomic mass is 32.3. The van der Waals surface area contributed by atoms with Gasteiger partial charge in [0.05, 0.1) is 5.75 Å². The minimum atomic E-state index is -4.47. The van der Waals surface area contributed by atoms with E-state index in [4.69, 9.17) is 0 Å². The monoisotopic (exact) mass is 293 g/mol. The van der Waals surface area contributed by atoms with Crippen molar-refractivity contribution in [1.29, 1.82) is 0 Å². The van der Waals surface area contributed by atoms with E-state index in [0.717, 1.165) is 12.8 Å². The molecule has 6 heteroatoms. The van der Waals surface area contributed by atoms with Gasteiger partial charge in [0.2, 0.25) is 5.91 Å². The van der Waals surface area contributed by atoms with E-state index >= 15 is 0 Å². The Hall–Kier alpha value is -0.650. The fraction of sp³-hybridized carbons (Fsp3) is 0.923. The van der Waals surface area contributed by atoms with E-state index in [0.29, 0.717) is 13.1 Å². The summed E-state index contributed by atoms with van der Waals surface area (Å²) in [6.07, 6.45) is 7.08. The molecule has 0 aliphatic carbocycles. The summed E-state index contributed by atoms with van der Waals surface area (Å²) in [5.41, 5.74) is 0. The van der Waals surface area contributed by atoms with Crippen LogP contribution >= 0.6 is 0 Å². The van der Waals surface area contributed by atoms with Crippen molar-refractivity contribution in [2.24, 2.45) is 5.92 Å². The Balaban J connectivity index is 2.19. The summed E-state index contributed by atoms with van der Waals surface area (Å²) >= 11 is 0. The molecular formula is C13H24FNO3S. The zero-order valence-corrected chi connectivity index (χ0v) is 12.4. The lowest BCUT2D eigenvalue weighted by atomic mass is 10.1. The first-order chi connectivity index (χ1) is 8.92. The number of carbonyl (C=O) groups is 1. The summed E-state index contributed by atoms with van der Waals surface area (Å²) in [6.45, 7) is 3.23. The molecule has 112 valence electrons. The zero-order valence-electron chi connectivity index (χ0n) is 11.6. The predicted octanol–water partition coefficient (Wildman–Crippen LogP) is 2.49. The van der Waals surface area contributed by atoms with Gasteiger partial charge in [0, 0.05) is 25.4 Å². The number of halogens is 1. The summed E-state index contributed by atoms with van der Waals surface area (Å²) in [6, 6.07) is 0. The maximum atomic E-state index is 12.6. The number of nitrogens with zero attached hydrogens (tertiary/aromatic N) is 1. The summed E-state index contributed by atoms with van der Waals surface area (Å²) in [7, 11) is -4.47. The molecule has 19 heavy (non-hydrogen) atoms. The largest absolute Gasteiger partial charge is 0.342 e. The highest BCUT2D eigenvalue weighted by molar-refractivity contribution is 7.86. The van der Waals surface area contributed by atoms with Crippen LogP contribution in [0.5, 0.6) is 0 Å². The van der Waals surface area contributed by atoms with Crippen LogP contribution in [0, 0.1) is 5.92 Å². The Morgan fingerprint density at radius 1 is 1.21 bits per heavy atom. The normalized spacial score (nSPS) is 20.2. The number of carbonyl (C=O) groups excluding carboxylic acids is 1. The van der Waals surface area contributed by atoms with Gasteiger partial charge in [0.25, 0.3) is 0 Å². The van der Waals surface area contributed by atoms with E-state index in [2.05, 4.69) is 6.92 Å². The third kappa shape index (κ3) is 6.89. The van der Waals surface area contributed by atoms with Crippen molar-refractivity contribution >= 4 is 16.1 Å². The number of hydrogen-bond acceptors (Lipinski definition) is 3. The second-order valence-electron chi connectivity index (χ2n) is 5.38. The Bertz CT molecular complexity index is 383. The molecule has 0 aromatic heterocycles. The molecule has 1 atom stereocenters. The molecule has 1 aliphatic heterocycles. The molecule has 1 aliphatic rings. The van der Waals surface area contributed by atoms with Gasteiger partial charge in [-0.15, -0.1) is 3.89 Å². The molecule has 0 N–H and O–H groups in total. The van der Waals surface area contributed by atoms with Crippen LogP contribution in [0.25, 0.3) is 0 Å². The fourth-order valence-electron chi connectivity index (χ4n) is 2.55. The van der Waals surface area contributed by atoms with Crippen molar-refractivity contribution in [3.05, 3.63) is 0 Å². The summed E-state index contributed by atoms with van der Waals surface area (Å²) in [5.74, 6) is -0.934. The van der Waals surface area contributed by atoms with Crippen LogP contribution in [0.1, 0.15) is 51.9 Å². The second kappa shape index (κ2) is 7.82. The van der Waals surface area contributed by atoms with E-state index in [1.165, 1.54) is 25.7 Å². The van der Waals surface area contributed by atoms with Gasteiger partial charge in [-0.2, -0.15) is 8.42 Å². The van der Waals surface area contributed by atoms with Gasteiger partial charge in [-0.05, 0) is 6.42 Å². The van der Waals surface area contributed by atoms with Gasteiger partial charge >= 0.3 is 10.2 Å². The molecule has 4 nitrogen and oxygen atoms in total. The van der Waals surface area contributed by atoms with Gasteiger partial charge in [-0.25, -0.2) is 0 Å². The van der Waals surface area contributed by atoms with Crippen molar-refractivity contribution in [2.75, 3.05) is 18.8 Å². The van der Waals surface area contributed by atoms with Crippen molar-refractivity contribution in [3.8, 4) is 0 Å². The number of rotatable bonds is 9. The maximum Gasteiger partial charge on any atom is 0.302 e. The van der Waals surface area contributed by atoms with Crippen LogP contribution in [-0.2, 0) is 15.0 Å². The minimum Gasteiger partial charge on any atom is -0.342 e. The average molecular weight is 293 g/mol. The molecule has 1 fully saturated rings. The van der Waals surface area contributed by atoms with Crippen molar-refractivity contribution in [3.63, 3.8) is 0 Å². The second-order valence-corrected chi connectivity index (χ2v) is 6.79. The number of unbranched alkanes of at least 4 members (excludes halogenated alkanes) is 5. The van der Waals surface area contributed by atoms with E-state index in [1.54, 1.807) is 4.90 Å². The summed E-state index contributed by atoms with van der Waals surface area (Å²) in [5, 5.41) is 0. The molecule has 1 heterocycles. The molecule has 1 amide bonds. The first kappa shape index (κ1) is 16.4. The van der Waals surface area contributed by atoms with Crippen LogP contribution in [0.3, 0.4) is 0 Å². The van der Waals surface area contributed by atoms with Crippen LogP contribution < -0.4 is 0 Å². The van der Waals surface area contributed by atoms with Crippen molar-refractivity contribution in [2.45, 2.75) is 51.9 Å². The van der Waals surface area contributed by atoms with Gasteiger partial charge in [-0.3, -0.25) is 4.79 Å². The molecule has 0 radical (unpaired) electrons. The highest BCUT2D eigenvalue weighted by Crippen LogP contribution is 2.20. The molecule has 1 unspecified atom stereocenters. The van der Waals surface area contributed by atoms with Crippen LogP contribution in [0.15, 0.2) is 0 Å². The SMILES string of the molecule is CCCCCCCCN1CC(CS(=O)(=O)F)CC1=O. The molecule has 0 aromatic rings. The number of hydrogen-bond donors (Lipinski definition) is 0. The molecule has 0 spiro atoms. The lowest BCUT2D eigenvalue weighted by molar-refractivity contribution is -0.127. The first-order valence-corrected chi connectivity index (χ1v) is 8.67. The lowest BCUT2D eigenvalue weighted by Crippen LogP contribution is -2.27. The van der Waals surface area contributed by atoms with E-state index < -0.39 is 16.0 Å².